The van der Waals surface area contributed by atoms with E-state index < -0.39 is 4.92 Å². The highest BCUT2D eigenvalue weighted by Gasteiger charge is 2.14. The normalized spacial score (nSPS) is 10.9. The lowest BCUT2D eigenvalue weighted by atomic mass is 10.2. The van der Waals surface area contributed by atoms with Gasteiger partial charge in [-0.2, -0.15) is 5.10 Å². The van der Waals surface area contributed by atoms with E-state index in [9.17, 15) is 19.3 Å². The van der Waals surface area contributed by atoms with Crippen molar-refractivity contribution >= 4 is 40.1 Å². The van der Waals surface area contributed by atoms with Crippen molar-refractivity contribution in [3.05, 3.63) is 76.5 Å². The van der Waals surface area contributed by atoms with Crippen LogP contribution >= 0.6 is 11.8 Å². The first kappa shape index (κ1) is 20.4. The third-order valence-electron chi connectivity index (χ3n) is 4.44. The minimum Gasteiger partial charge on any atom is -0.325 e. The summed E-state index contributed by atoms with van der Waals surface area (Å²) in [7, 11) is 0. The Morgan fingerprint density at radius 3 is 2.71 bits per heavy atom. The van der Waals surface area contributed by atoms with Gasteiger partial charge in [0.25, 0.3) is 5.69 Å². The first-order chi connectivity index (χ1) is 14.9. The number of fused-ring (bicyclic) bond motifs is 1. The number of carbonyl (C=O) groups is 1. The summed E-state index contributed by atoms with van der Waals surface area (Å²) in [5.74, 6) is -0.551. The molecule has 2 aromatic carbocycles. The Morgan fingerprint density at radius 2 is 2.00 bits per heavy atom. The molecule has 0 aliphatic heterocycles. The van der Waals surface area contributed by atoms with Gasteiger partial charge in [-0.15, -0.1) is 0 Å². The summed E-state index contributed by atoms with van der Waals surface area (Å²) in [6, 6.07) is 10.1. The molecular weight excluding hydrogens is 423 g/mol. The number of nitro benzene ring substituents is 1. The largest absolute Gasteiger partial charge is 0.325 e. The Morgan fingerprint density at radius 1 is 1.23 bits per heavy atom. The van der Waals surface area contributed by atoms with Crippen LogP contribution in [0.3, 0.4) is 0 Å². The summed E-state index contributed by atoms with van der Waals surface area (Å²) in [4.78, 5) is 31.2. The summed E-state index contributed by atoms with van der Waals surface area (Å²) < 4.78 is 14.8. The van der Waals surface area contributed by atoms with Gasteiger partial charge < -0.3 is 5.32 Å². The molecular formula is C20H15FN6O3S. The van der Waals surface area contributed by atoms with Crippen molar-refractivity contribution in [2.75, 3.05) is 11.1 Å². The van der Waals surface area contributed by atoms with E-state index in [1.807, 2.05) is 0 Å². The lowest BCUT2D eigenvalue weighted by Gasteiger charge is -2.08. The minimum atomic E-state index is -0.485. The molecule has 2 aromatic heterocycles. The van der Waals surface area contributed by atoms with Gasteiger partial charge in [0.15, 0.2) is 5.65 Å². The van der Waals surface area contributed by atoms with Gasteiger partial charge in [-0.25, -0.2) is 19.0 Å². The molecule has 9 nitrogen and oxygen atoms in total. The van der Waals surface area contributed by atoms with Crippen LogP contribution in [0.15, 0.2) is 60.0 Å². The number of rotatable bonds is 6. The number of non-ortho nitro benzene ring substituents is 1. The molecule has 1 amide bonds. The van der Waals surface area contributed by atoms with E-state index in [2.05, 4.69) is 20.4 Å². The van der Waals surface area contributed by atoms with Crippen molar-refractivity contribution < 1.29 is 14.1 Å². The van der Waals surface area contributed by atoms with Crippen molar-refractivity contribution in [3.8, 4) is 5.69 Å². The number of amides is 1. The Bertz CT molecular complexity index is 1290. The number of hydrogen-bond acceptors (Lipinski definition) is 7. The number of nitrogens with one attached hydrogen (secondary N) is 1. The number of hydrogen-bond donors (Lipinski definition) is 1. The molecule has 0 atom stereocenters. The molecule has 4 rings (SSSR count). The Balaban J connectivity index is 1.49. The number of carbonyl (C=O) groups excluding carboxylic acids is 1. The predicted octanol–water partition coefficient (Wildman–Crippen LogP) is 3.90. The third kappa shape index (κ3) is 4.36. The number of anilines is 1. The lowest BCUT2D eigenvalue weighted by Crippen LogP contribution is -2.15. The van der Waals surface area contributed by atoms with E-state index >= 15 is 0 Å². The number of nitro groups is 1. The fourth-order valence-corrected chi connectivity index (χ4v) is 3.69. The fraction of sp³-hybridized carbons (Fsp3) is 0.100. The first-order valence-corrected chi connectivity index (χ1v) is 10.0. The van der Waals surface area contributed by atoms with Gasteiger partial charge in [0, 0.05) is 17.8 Å². The van der Waals surface area contributed by atoms with Crippen molar-refractivity contribution in [1.29, 1.82) is 0 Å². The maximum atomic E-state index is 13.2. The Hall–Kier alpha value is -3.86. The van der Waals surface area contributed by atoms with Crippen molar-refractivity contribution in [3.63, 3.8) is 0 Å². The monoisotopic (exact) mass is 438 g/mol. The van der Waals surface area contributed by atoms with Crippen LogP contribution in [0.4, 0.5) is 15.8 Å². The van der Waals surface area contributed by atoms with Crippen LogP contribution in [-0.2, 0) is 4.79 Å². The molecule has 0 saturated heterocycles. The SMILES string of the molecule is Cc1cc([N+](=O)[O-])ccc1NC(=O)CSc1ncnc2c1cnn2-c1ccc(F)cc1. The minimum absolute atomic E-state index is 0.0357. The second kappa shape index (κ2) is 8.48. The summed E-state index contributed by atoms with van der Waals surface area (Å²) in [6.07, 6.45) is 2.98. The average molecular weight is 438 g/mol. The van der Waals surface area contributed by atoms with Gasteiger partial charge in [-0.05, 0) is 42.8 Å². The van der Waals surface area contributed by atoms with Crippen LogP contribution in [0.5, 0.6) is 0 Å². The molecule has 0 spiro atoms. The summed E-state index contributed by atoms with van der Waals surface area (Å²) in [5, 5.41) is 19.1. The van der Waals surface area contributed by atoms with E-state index in [1.165, 1.54) is 48.4 Å². The van der Waals surface area contributed by atoms with E-state index in [1.54, 1.807) is 29.9 Å². The van der Waals surface area contributed by atoms with Gasteiger partial charge in [0.1, 0.15) is 17.2 Å². The highest BCUT2D eigenvalue weighted by Crippen LogP contribution is 2.26. The van der Waals surface area contributed by atoms with E-state index in [0.29, 0.717) is 33.0 Å². The maximum absolute atomic E-state index is 13.2. The van der Waals surface area contributed by atoms with Gasteiger partial charge in [-0.1, -0.05) is 11.8 Å². The number of aryl methyl sites for hydroxylation is 1. The second-order valence-corrected chi connectivity index (χ2v) is 7.51. The standard InChI is InChI=1S/C20H15FN6O3S/c1-12-8-15(27(29)30)6-7-17(12)25-18(28)10-31-20-16-9-24-26(19(16)22-11-23-20)14-4-2-13(21)3-5-14/h2-9,11H,10H2,1H3,(H,25,28). The Labute approximate surface area is 179 Å². The van der Waals surface area contributed by atoms with Crippen molar-refractivity contribution in [2.45, 2.75) is 11.9 Å². The molecule has 11 heteroatoms. The molecule has 31 heavy (non-hydrogen) atoms. The van der Waals surface area contributed by atoms with Crippen LogP contribution < -0.4 is 5.32 Å². The van der Waals surface area contributed by atoms with Gasteiger partial charge in [0.2, 0.25) is 5.91 Å². The number of nitrogens with zero attached hydrogens (tertiary/aromatic N) is 5. The molecule has 0 aliphatic carbocycles. The number of halogens is 1. The second-order valence-electron chi connectivity index (χ2n) is 6.54. The molecule has 0 fully saturated rings. The molecule has 0 aliphatic rings. The van der Waals surface area contributed by atoms with Crippen molar-refractivity contribution in [2.24, 2.45) is 0 Å². The smallest absolute Gasteiger partial charge is 0.269 e. The average Bonchev–Trinajstić information content (AvgIpc) is 3.19. The zero-order valence-electron chi connectivity index (χ0n) is 16.2. The van der Waals surface area contributed by atoms with Crippen LogP contribution in [0.25, 0.3) is 16.7 Å². The number of thioether (sulfide) groups is 1. The van der Waals surface area contributed by atoms with Crippen LogP contribution in [0.1, 0.15) is 5.56 Å². The summed E-state index contributed by atoms with van der Waals surface area (Å²) >= 11 is 1.22. The highest BCUT2D eigenvalue weighted by molar-refractivity contribution is 8.00. The predicted molar refractivity (Wildman–Crippen MR) is 114 cm³/mol. The molecule has 4 aromatic rings. The van der Waals surface area contributed by atoms with Gasteiger partial charge in [0.05, 0.1) is 27.9 Å². The van der Waals surface area contributed by atoms with Crippen molar-refractivity contribution in [1.82, 2.24) is 19.7 Å². The first-order valence-electron chi connectivity index (χ1n) is 9.05. The lowest BCUT2D eigenvalue weighted by molar-refractivity contribution is -0.384. The van der Waals surface area contributed by atoms with Crippen LogP contribution in [-0.4, -0.2) is 36.3 Å². The molecule has 0 bridgehead atoms. The number of aromatic nitrogens is 4. The number of benzene rings is 2. The zero-order valence-corrected chi connectivity index (χ0v) is 17.0. The third-order valence-corrected chi connectivity index (χ3v) is 5.44. The molecule has 0 unspecified atom stereocenters. The van der Waals surface area contributed by atoms with E-state index in [0.717, 1.165) is 0 Å². The topological polar surface area (TPSA) is 116 Å². The molecule has 2 heterocycles. The summed E-state index contributed by atoms with van der Waals surface area (Å²) in [5.41, 5.74) is 2.25. The van der Waals surface area contributed by atoms with E-state index in [4.69, 9.17) is 0 Å². The zero-order chi connectivity index (χ0) is 22.0. The van der Waals surface area contributed by atoms with E-state index in [-0.39, 0.29) is 23.2 Å². The highest BCUT2D eigenvalue weighted by atomic mass is 32.2. The molecule has 1 N–H and O–H groups in total. The molecule has 156 valence electrons. The Kier molecular flexibility index (Phi) is 5.58. The van der Waals surface area contributed by atoms with Crippen LogP contribution in [0.2, 0.25) is 0 Å². The molecule has 0 saturated carbocycles. The molecule has 0 radical (unpaired) electrons. The maximum Gasteiger partial charge on any atom is 0.269 e. The summed E-state index contributed by atoms with van der Waals surface area (Å²) in [6.45, 7) is 1.69. The van der Waals surface area contributed by atoms with Gasteiger partial charge >= 0.3 is 0 Å². The quantitative estimate of drug-likeness (QED) is 0.210. The van der Waals surface area contributed by atoms with Gasteiger partial charge in [-0.3, -0.25) is 14.9 Å². The fourth-order valence-electron chi connectivity index (χ4n) is 2.93. The van der Waals surface area contributed by atoms with Crippen LogP contribution in [0, 0.1) is 22.9 Å².